The van der Waals surface area contributed by atoms with Crippen molar-refractivity contribution in [2.45, 2.75) is 0 Å². The lowest BCUT2D eigenvalue weighted by Crippen LogP contribution is -1.94. The number of hydrogen-bond acceptors (Lipinski definition) is 3. The summed E-state index contributed by atoms with van der Waals surface area (Å²) in [6, 6.07) is 8.00. The number of fused-ring (bicyclic) bond motifs is 1. The maximum Gasteiger partial charge on any atom is 0.166 e. The fourth-order valence-electron chi connectivity index (χ4n) is 1.95. The lowest BCUT2D eigenvalue weighted by molar-refractivity contribution is 0.440. The van der Waals surface area contributed by atoms with Gasteiger partial charge in [0.25, 0.3) is 0 Å². The number of benzene rings is 2. The Hall–Kier alpha value is -2.21. The maximum atomic E-state index is 13.7. The Labute approximate surface area is 127 Å². The first kappa shape index (κ1) is 13.8. The van der Waals surface area contributed by atoms with Gasteiger partial charge in [-0.15, -0.1) is 0 Å². The van der Waals surface area contributed by atoms with Crippen LogP contribution in [0.4, 0.5) is 14.5 Å². The van der Waals surface area contributed by atoms with E-state index in [4.69, 9.17) is 10.5 Å². The molecule has 0 bridgehead atoms. The minimum atomic E-state index is -0.654. The second kappa shape index (κ2) is 5.29. The molecule has 3 rings (SSSR count). The Morgan fingerprint density at radius 3 is 2.67 bits per heavy atom. The molecule has 6 heteroatoms. The average molecular weight is 351 g/mol. The van der Waals surface area contributed by atoms with Crippen LogP contribution in [0.15, 0.2) is 47.1 Å². The predicted octanol–water partition coefficient (Wildman–Crippen LogP) is 4.65. The van der Waals surface area contributed by atoms with Crippen LogP contribution in [-0.4, -0.2) is 4.98 Å². The van der Waals surface area contributed by atoms with Crippen molar-refractivity contribution in [3.8, 4) is 11.5 Å². The Morgan fingerprint density at radius 2 is 1.86 bits per heavy atom. The van der Waals surface area contributed by atoms with Crippen LogP contribution in [0, 0.1) is 11.6 Å². The molecular formula is C15H9BrF2N2O. The highest BCUT2D eigenvalue weighted by atomic mass is 79.9. The van der Waals surface area contributed by atoms with E-state index in [1.54, 1.807) is 24.4 Å². The fourth-order valence-corrected chi connectivity index (χ4v) is 2.28. The molecule has 0 aliphatic carbocycles. The van der Waals surface area contributed by atoms with E-state index in [9.17, 15) is 8.78 Å². The molecule has 1 aromatic heterocycles. The molecule has 0 fully saturated rings. The van der Waals surface area contributed by atoms with Crippen molar-refractivity contribution >= 4 is 32.5 Å². The summed E-state index contributed by atoms with van der Waals surface area (Å²) in [5, 5.41) is 0.665. The number of ether oxygens (including phenoxy) is 1. The van der Waals surface area contributed by atoms with E-state index in [1.807, 2.05) is 0 Å². The third-order valence-corrected chi connectivity index (χ3v) is 3.36. The van der Waals surface area contributed by atoms with E-state index in [2.05, 4.69) is 20.9 Å². The van der Waals surface area contributed by atoms with Crippen molar-refractivity contribution in [2.24, 2.45) is 0 Å². The largest absolute Gasteiger partial charge is 0.452 e. The summed E-state index contributed by atoms with van der Waals surface area (Å²) >= 11 is 3.31. The first-order valence-corrected chi connectivity index (χ1v) is 6.80. The number of rotatable bonds is 2. The van der Waals surface area contributed by atoms with E-state index in [1.165, 1.54) is 0 Å². The first-order valence-electron chi connectivity index (χ1n) is 6.01. The molecule has 0 saturated heterocycles. The van der Waals surface area contributed by atoms with E-state index in [0.717, 1.165) is 22.7 Å². The van der Waals surface area contributed by atoms with Gasteiger partial charge in [-0.1, -0.05) is 0 Å². The SMILES string of the molecule is Nc1ccc(Oc2cc(F)ccc2F)c2ncc(Br)cc12. The summed E-state index contributed by atoms with van der Waals surface area (Å²) in [6.07, 6.45) is 1.58. The molecule has 1 heterocycles. The minimum absolute atomic E-state index is 0.203. The number of nitrogen functional groups attached to an aromatic ring is 1. The van der Waals surface area contributed by atoms with Crippen LogP contribution in [0.25, 0.3) is 10.9 Å². The van der Waals surface area contributed by atoms with Gasteiger partial charge in [0.15, 0.2) is 17.3 Å². The standard InChI is InChI=1S/C15H9BrF2N2O/c16-8-5-10-12(19)3-4-13(15(10)20-7-8)21-14-6-9(17)1-2-11(14)18/h1-7H,19H2. The summed E-state index contributed by atoms with van der Waals surface area (Å²) in [7, 11) is 0. The quantitative estimate of drug-likeness (QED) is 0.684. The first-order chi connectivity index (χ1) is 10.0. The summed E-state index contributed by atoms with van der Waals surface area (Å²) in [6.45, 7) is 0. The summed E-state index contributed by atoms with van der Waals surface area (Å²) in [4.78, 5) is 4.22. The molecule has 0 atom stereocenters. The van der Waals surface area contributed by atoms with Crippen LogP contribution in [0.1, 0.15) is 0 Å². The fraction of sp³-hybridized carbons (Fsp3) is 0. The van der Waals surface area contributed by atoms with Crippen molar-refractivity contribution in [3.63, 3.8) is 0 Å². The highest BCUT2D eigenvalue weighted by Crippen LogP contribution is 2.34. The molecule has 0 amide bonds. The number of nitrogens with two attached hydrogens (primary N) is 1. The molecular weight excluding hydrogens is 342 g/mol. The molecule has 106 valence electrons. The van der Waals surface area contributed by atoms with E-state index in [0.29, 0.717) is 22.3 Å². The van der Waals surface area contributed by atoms with Crippen molar-refractivity contribution in [1.82, 2.24) is 4.98 Å². The molecule has 0 aliphatic heterocycles. The zero-order chi connectivity index (χ0) is 15.0. The summed E-state index contributed by atoms with van der Waals surface area (Å²) in [5.74, 6) is -1.14. The number of hydrogen-bond donors (Lipinski definition) is 1. The van der Waals surface area contributed by atoms with Gasteiger partial charge in [0.1, 0.15) is 11.3 Å². The number of halogens is 3. The third kappa shape index (κ3) is 2.67. The smallest absolute Gasteiger partial charge is 0.166 e. The predicted molar refractivity (Wildman–Crippen MR) is 80.3 cm³/mol. The topological polar surface area (TPSA) is 48.1 Å². The Bertz CT molecular complexity index is 839. The van der Waals surface area contributed by atoms with E-state index >= 15 is 0 Å². The van der Waals surface area contributed by atoms with E-state index < -0.39 is 11.6 Å². The van der Waals surface area contributed by atoms with Gasteiger partial charge >= 0.3 is 0 Å². The molecule has 0 saturated carbocycles. The maximum absolute atomic E-state index is 13.7. The lowest BCUT2D eigenvalue weighted by atomic mass is 10.1. The summed E-state index contributed by atoms with van der Waals surface area (Å²) < 4.78 is 33.1. The zero-order valence-electron chi connectivity index (χ0n) is 10.6. The van der Waals surface area contributed by atoms with Crippen LogP contribution in [0.2, 0.25) is 0 Å². The molecule has 0 aliphatic rings. The average Bonchev–Trinajstić information content (AvgIpc) is 2.46. The number of nitrogens with zero attached hydrogens (tertiary/aromatic N) is 1. The van der Waals surface area contributed by atoms with Crippen LogP contribution in [-0.2, 0) is 0 Å². The van der Waals surface area contributed by atoms with Crippen molar-refractivity contribution in [3.05, 3.63) is 58.7 Å². The molecule has 0 radical (unpaired) electrons. The Morgan fingerprint density at radius 1 is 1.05 bits per heavy atom. The molecule has 21 heavy (non-hydrogen) atoms. The van der Waals surface area contributed by atoms with Gasteiger partial charge < -0.3 is 10.5 Å². The van der Waals surface area contributed by atoms with Crippen molar-refractivity contribution in [2.75, 3.05) is 5.73 Å². The second-order valence-electron chi connectivity index (χ2n) is 4.38. The Balaban J connectivity index is 2.13. The number of pyridine rings is 1. The number of aromatic nitrogens is 1. The van der Waals surface area contributed by atoms with Crippen LogP contribution in [0.5, 0.6) is 11.5 Å². The minimum Gasteiger partial charge on any atom is -0.452 e. The van der Waals surface area contributed by atoms with Crippen molar-refractivity contribution in [1.29, 1.82) is 0 Å². The summed E-state index contributed by atoms with van der Waals surface area (Å²) in [5.41, 5.74) is 6.88. The third-order valence-electron chi connectivity index (χ3n) is 2.93. The lowest BCUT2D eigenvalue weighted by Gasteiger charge is -2.10. The Kier molecular flexibility index (Phi) is 3.47. The van der Waals surface area contributed by atoms with Gasteiger partial charge in [-0.25, -0.2) is 8.78 Å². The van der Waals surface area contributed by atoms with Crippen molar-refractivity contribution < 1.29 is 13.5 Å². The second-order valence-corrected chi connectivity index (χ2v) is 5.30. The molecule has 2 N–H and O–H groups in total. The number of anilines is 1. The monoisotopic (exact) mass is 350 g/mol. The van der Waals surface area contributed by atoms with Gasteiger partial charge in [0, 0.05) is 27.8 Å². The van der Waals surface area contributed by atoms with Gasteiger partial charge in [-0.05, 0) is 46.3 Å². The van der Waals surface area contributed by atoms with Crippen LogP contribution >= 0.6 is 15.9 Å². The highest BCUT2D eigenvalue weighted by Gasteiger charge is 2.11. The van der Waals surface area contributed by atoms with Crippen LogP contribution < -0.4 is 10.5 Å². The van der Waals surface area contributed by atoms with E-state index in [-0.39, 0.29) is 5.75 Å². The zero-order valence-corrected chi connectivity index (χ0v) is 12.2. The van der Waals surface area contributed by atoms with Gasteiger partial charge in [-0.3, -0.25) is 4.98 Å². The van der Waals surface area contributed by atoms with Gasteiger partial charge in [0.05, 0.1) is 0 Å². The molecule has 3 nitrogen and oxygen atoms in total. The highest BCUT2D eigenvalue weighted by molar-refractivity contribution is 9.10. The van der Waals surface area contributed by atoms with Crippen LogP contribution in [0.3, 0.4) is 0 Å². The molecule has 0 spiro atoms. The molecule has 0 unspecified atom stereocenters. The van der Waals surface area contributed by atoms with Gasteiger partial charge in [-0.2, -0.15) is 0 Å². The molecule has 3 aromatic rings. The molecule has 2 aromatic carbocycles. The van der Waals surface area contributed by atoms with Gasteiger partial charge in [0.2, 0.25) is 0 Å². The normalized spacial score (nSPS) is 10.8.